The van der Waals surface area contributed by atoms with Crippen molar-refractivity contribution in [1.82, 2.24) is 20.2 Å². The number of nitrogens with zero attached hydrogens (tertiary/aromatic N) is 3. The topological polar surface area (TPSA) is 120 Å². The lowest BCUT2D eigenvalue weighted by atomic mass is 9.85. The van der Waals surface area contributed by atoms with Crippen molar-refractivity contribution in [2.45, 2.75) is 103 Å². The zero-order chi connectivity index (χ0) is 34.9. The number of alkyl carbamates (subject to hydrolysis) is 1. The molecule has 1 N–H and O–H groups in total. The molecule has 2 unspecified atom stereocenters. The summed E-state index contributed by atoms with van der Waals surface area (Å²) in [6.45, 7) is 7.93. The zero-order valence-electron chi connectivity index (χ0n) is 27.9. The van der Waals surface area contributed by atoms with E-state index in [1.807, 2.05) is 0 Å². The highest BCUT2D eigenvalue weighted by atomic mass is 19.3. The molecule has 0 radical (unpaired) electrons. The average Bonchev–Trinajstić information content (AvgIpc) is 3.57. The fourth-order valence-electron chi connectivity index (χ4n) is 7.84. The summed E-state index contributed by atoms with van der Waals surface area (Å²) >= 11 is 0. The first kappa shape index (κ1) is 34.2. The minimum Gasteiger partial charge on any atom is -0.497 e. The van der Waals surface area contributed by atoms with E-state index >= 15 is 17.6 Å². The van der Waals surface area contributed by atoms with Gasteiger partial charge in [0.25, 0.3) is 0 Å². The molecule has 1 saturated heterocycles. The van der Waals surface area contributed by atoms with Gasteiger partial charge in [0, 0.05) is 18.4 Å². The van der Waals surface area contributed by atoms with Crippen molar-refractivity contribution in [2.75, 3.05) is 13.7 Å². The Bertz CT molecular complexity index is 1620. The summed E-state index contributed by atoms with van der Waals surface area (Å²) in [5, 5.41) is 2.72. The zero-order valence-corrected chi connectivity index (χ0v) is 27.9. The number of aromatic nitrogens is 2. The normalized spacial score (nSPS) is 33.2. The van der Waals surface area contributed by atoms with Gasteiger partial charge < -0.3 is 24.4 Å². The van der Waals surface area contributed by atoms with Crippen molar-refractivity contribution in [1.29, 1.82) is 0 Å². The number of carbonyl (C=O) groups excluding carboxylic acids is 3. The molecule has 4 aliphatic rings. The van der Waals surface area contributed by atoms with Gasteiger partial charge in [-0.2, -0.15) is 17.6 Å². The number of nitrogens with one attached hydrogen (secondary N) is 1. The molecule has 1 aromatic carbocycles. The van der Waals surface area contributed by atoms with Gasteiger partial charge in [-0.05, 0) is 67.9 Å². The van der Waals surface area contributed by atoms with Crippen LogP contribution in [0.15, 0.2) is 18.2 Å². The van der Waals surface area contributed by atoms with Crippen molar-refractivity contribution >= 4 is 28.8 Å². The van der Waals surface area contributed by atoms with Crippen molar-refractivity contribution in [2.24, 2.45) is 29.1 Å². The number of hydrogen-bond donors (Lipinski definition) is 1. The second kappa shape index (κ2) is 12.0. The van der Waals surface area contributed by atoms with Crippen LogP contribution >= 0.6 is 0 Å². The third kappa shape index (κ3) is 6.04. The number of ether oxygens (including phenoxy) is 3. The van der Waals surface area contributed by atoms with Crippen molar-refractivity contribution in [3.05, 3.63) is 23.9 Å². The van der Waals surface area contributed by atoms with Gasteiger partial charge in [0.1, 0.15) is 24.0 Å². The van der Waals surface area contributed by atoms with Gasteiger partial charge in [0.05, 0.1) is 30.7 Å². The van der Waals surface area contributed by atoms with Gasteiger partial charge in [-0.15, -0.1) is 0 Å². The highest BCUT2D eigenvalue weighted by Gasteiger charge is 2.61. The molecule has 3 fully saturated rings. The Hall–Kier alpha value is -3.71. The van der Waals surface area contributed by atoms with Crippen LogP contribution in [-0.2, 0) is 20.2 Å². The van der Waals surface area contributed by atoms with Crippen LogP contribution in [0.5, 0.6) is 11.6 Å². The first-order valence-corrected chi connectivity index (χ1v) is 16.5. The highest BCUT2D eigenvalue weighted by Crippen LogP contribution is 2.58. The molecule has 2 aliphatic heterocycles. The number of hydrogen-bond acceptors (Lipinski definition) is 8. The van der Waals surface area contributed by atoms with Gasteiger partial charge >= 0.3 is 17.9 Å². The Balaban J connectivity index is 1.45. The molecular formula is C34H42F4N4O6. The van der Waals surface area contributed by atoms with E-state index in [0.29, 0.717) is 12.2 Å². The number of halogens is 4. The molecule has 3 heterocycles. The Labute approximate surface area is 276 Å². The number of fused-ring (bicyclic) bond motifs is 7. The molecule has 0 spiro atoms. The van der Waals surface area contributed by atoms with Crippen LogP contribution in [0.1, 0.15) is 72.4 Å². The minimum absolute atomic E-state index is 0.0665. The van der Waals surface area contributed by atoms with Crippen LogP contribution in [0.2, 0.25) is 0 Å². The van der Waals surface area contributed by atoms with Crippen LogP contribution in [0, 0.1) is 29.1 Å². The van der Waals surface area contributed by atoms with E-state index in [1.54, 1.807) is 27.7 Å². The first-order chi connectivity index (χ1) is 22.4. The van der Waals surface area contributed by atoms with E-state index in [9.17, 15) is 14.4 Å². The van der Waals surface area contributed by atoms with Gasteiger partial charge in [0.15, 0.2) is 11.5 Å². The molecule has 2 aromatic rings. The maximum absolute atomic E-state index is 16.1. The number of benzene rings is 1. The molecule has 2 aliphatic carbocycles. The summed E-state index contributed by atoms with van der Waals surface area (Å²) in [6, 6.07) is 2.05. The monoisotopic (exact) mass is 678 g/mol. The smallest absolute Gasteiger partial charge is 0.408 e. The number of methoxy groups -OCH3 is 1. The number of ketones is 1. The molecule has 10 nitrogen and oxygen atoms in total. The molecule has 262 valence electrons. The maximum Gasteiger partial charge on any atom is 0.408 e. The van der Waals surface area contributed by atoms with Gasteiger partial charge in [-0.25, -0.2) is 14.8 Å². The van der Waals surface area contributed by atoms with Gasteiger partial charge in [-0.3, -0.25) is 9.59 Å². The lowest BCUT2D eigenvalue weighted by Gasteiger charge is -2.35. The molecule has 6 rings (SSSR count). The van der Waals surface area contributed by atoms with E-state index in [1.165, 1.54) is 37.1 Å². The molecule has 8 atom stereocenters. The Kier molecular flexibility index (Phi) is 8.55. The van der Waals surface area contributed by atoms with E-state index in [2.05, 4.69) is 15.3 Å². The van der Waals surface area contributed by atoms with Gasteiger partial charge in [-0.1, -0.05) is 27.7 Å². The predicted molar refractivity (Wildman–Crippen MR) is 165 cm³/mol. The first-order valence-electron chi connectivity index (χ1n) is 16.5. The summed E-state index contributed by atoms with van der Waals surface area (Å²) < 4.78 is 80.6. The number of Topliss-reactive ketones (excluding diaryl/α,β-unsaturated/α-hetero) is 1. The second-order valence-electron chi connectivity index (χ2n) is 14.9. The van der Waals surface area contributed by atoms with Crippen molar-refractivity contribution in [3.8, 4) is 11.6 Å². The summed E-state index contributed by atoms with van der Waals surface area (Å²) in [6.07, 6.45) is -2.36. The summed E-state index contributed by atoms with van der Waals surface area (Å²) in [7, 11) is 1.40. The number of amides is 2. The lowest BCUT2D eigenvalue weighted by molar-refractivity contribution is -0.223. The van der Waals surface area contributed by atoms with Crippen LogP contribution < -0.4 is 14.8 Å². The summed E-state index contributed by atoms with van der Waals surface area (Å²) in [5.41, 5.74) is -2.14. The molecular weight excluding hydrogens is 636 g/mol. The third-order valence-electron chi connectivity index (χ3n) is 10.6. The van der Waals surface area contributed by atoms with Crippen LogP contribution in [0.4, 0.5) is 22.4 Å². The van der Waals surface area contributed by atoms with E-state index in [-0.39, 0.29) is 48.2 Å². The summed E-state index contributed by atoms with van der Waals surface area (Å²) in [5.74, 6) is -11.4. The fourth-order valence-corrected chi connectivity index (χ4v) is 7.84. The lowest BCUT2D eigenvalue weighted by Crippen LogP contribution is -2.57. The largest absolute Gasteiger partial charge is 0.497 e. The fraction of sp³-hybridized carbons (Fsp3) is 0.676. The summed E-state index contributed by atoms with van der Waals surface area (Å²) in [4.78, 5) is 49.9. The molecule has 14 heteroatoms. The molecule has 1 aromatic heterocycles. The van der Waals surface area contributed by atoms with Crippen LogP contribution in [0.3, 0.4) is 0 Å². The quantitative estimate of drug-likeness (QED) is 0.390. The van der Waals surface area contributed by atoms with Crippen molar-refractivity contribution in [3.63, 3.8) is 0 Å². The standard InChI is InChI=1S/C34H42F4N4O6/c1-16-25-15-42(26(16)17(2)43)30(44)28(32(3,4)5)41-31(45)48-24-13-18-12-21(18)20(24)8-7-11-33(35,36)34(37,38)27-29(47-25)40-23-14-19(46-6)9-10-22(23)39-27/h9-10,14,16,18,20-21,24-26,28H,7-8,11-13,15H2,1-6H3,(H,41,45)/t16-,18?,20-,21?,24-,25+,26+,28-/m1/s1. The maximum atomic E-state index is 16.1. The van der Waals surface area contributed by atoms with E-state index < -0.39 is 83.2 Å². The van der Waals surface area contributed by atoms with E-state index in [0.717, 1.165) is 6.42 Å². The Morgan fingerprint density at radius 2 is 1.77 bits per heavy atom. The number of carbonyl (C=O) groups is 3. The molecule has 2 saturated carbocycles. The van der Waals surface area contributed by atoms with Crippen LogP contribution in [-0.4, -0.2) is 76.5 Å². The molecule has 2 amide bonds. The SMILES string of the molecule is COc1ccc2nc3c(nc2c1)O[C@H]1CN(C(=O)[C@H](C(C)(C)C)NC(=O)O[C@@H]2CC4CC4[C@H]2CCCC(F)(F)C3(F)F)[C@H](C(C)=O)[C@@H]1C. The second-order valence-corrected chi connectivity index (χ2v) is 14.9. The average molecular weight is 679 g/mol. The van der Waals surface area contributed by atoms with Crippen molar-refractivity contribution < 1.29 is 46.2 Å². The minimum atomic E-state index is -4.79. The Morgan fingerprint density at radius 1 is 1.04 bits per heavy atom. The molecule has 48 heavy (non-hydrogen) atoms. The number of alkyl halides is 4. The van der Waals surface area contributed by atoms with E-state index in [4.69, 9.17) is 14.2 Å². The number of rotatable bonds is 2. The van der Waals surface area contributed by atoms with Gasteiger partial charge in [0.2, 0.25) is 11.8 Å². The third-order valence-corrected chi connectivity index (χ3v) is 10.6. The highest BCUT2D eigenvalue weighted by molar-refractivity contribution is 5.92. The van der Waals surface area contributed by atoms with Crippen LogP contribution in [0.25, 0.3) is 11.0 Å². The molecule has 2 bridgehead atoms. The Morgan fingerprint density at radius 3 is 2.44 bits per heavy atom. The predicted octanol–water partition coefficient (Wildman–Crippen LogP) is 5.90.